The third kappa shape index (κ3) is 4.37. The van der Waals surface area contributed by atoms with Crippen LogP contribution in [0.4, 0.5) is 0 Å². The molecule has 1 aliphatic carbocycles. The van der Waals surface area contributed by atoms with E-state index in [1.54, 1.807) is 29.4 Å². The maximum absolute atomic E-state index is 13.1. The van der Waals surface area contributed by atoms with Crippen LogP contribution in [-0.4, -0.2) is 37.8 Å². The Morgan fingerprint density at radius 2 is 1.78 bits per heavy atom. The van der Waals surface area contributed by atoms with Crippen molar-refractivity contribution in [3.8, 4) is 0 Å². The molecule has 0 bridgehead atoms. The van der Waals surface area contributed by atoms with Crippen molar-refractivity contribution in [3.05, 3.63) is 29.3 Å². The molecule has 27 heavy (non-hydrogen) atoms. The molecule has 1 N–H and O–H groups in total. The van der Waals surface area contributed by atoms with Crippen molar-refractivity contribution < 1.29 is 13.2 Å². The van der Waals surface area contributed by atoms with E-state index < -0.39 is 10.0 Å². The number of rotatable bonds is 4. The summed E-state index contributed by atoms with van der Waals surface area (Å²) in [6.07, 6.45) is 6.19. The highest BCUT2D eigenvalue weighted by molar-refractivity contribution is 7.89. The second-order valence-corrected chi connectivity index (χ2v) is 10.2. The molecular weight excluding hydrogens is 360 g/mol. The molecule has 0 radical (unpaired) electrons. The molecule has 1 heterocycles. The van der Waals surface area contributed by atoms with Crippen LogP contribution in [0.1, 0.15) is 68.3 Å². The van der Waals surface area contributed by atoms with Gasteiger partial charge in [0.15, 0.2) is 0 Å². The summed E-state index contributed by atoms with van der Waals surface area (Å²) in [6, 6.07) is 5.20. The van der Waals surface area contributed by atoms with Gasteiger partial charge >= 0.3 is 0 Å². The van der Waals surface area contributed by atoms with Gasteiger partial charge in [-0.2, -0.15) is 4.31 Å². The third-order valence-corrected chi connectivity index (χ3v) is 8.45. The molecule has 3 atom stereocenters. The molecule has 1 aromatic rings. The molecule has 2 fully saturated rings. The first-order valence-electron chi connectivity index (χ1n) is 10.2. The molecule has 1 aromatic carbocycles. The first kappa shape index (κ1) is 20.3. The van der Waals surface area contributed by atoms with E-state index in [0.29, 0.717) is 36.1 Å². The Labute approximate surface area is 163 Å². The van der Waals surface area contributed by atoms with Gasteiger partial charge in [-0.1, -0.05) is 39.2 Å². The molecule has 1 amide bonds. The first-order chi connectivity index (χ1) is 12.8. The number of amides is 1. The van der Waals surface area contributed by atoms with Crippen molar-refractivity contribution in [2.45, 2.75) is 70.2 Å². The van der Waals surface area contributed by atoms with E-state index in [0.717, 1.165) is 32.1 Å². The zero-order valence-electron chi connectivity index (χ0n) is 16.7. The van der Waals surface area contributed by atoms with Gasteiger partial charge in [0.1, 0.15) is 0 Å². The fourth-order valence-corrected chi connectivity index (χ4v) is 6.07. The van der Waals surface area contributed by atoms with Gasteiger partial charge in [0.2, 0.25) is 10.0 Å². The normalized spacial score (nSPS) is 27.3. The van der Waals surface area contributed by atoms with Gasteiger partial charge in [0.05, 0.1) is 4.90 Å². The van der Waals surface area contributed by atoms with Crippen molar-refractivity contribution >= 4 is 15.9 Å². The SMILES string of the molecule is Cc1ccc(C(=O)N[C@@H]2CCC[C@H](C)[C@H]2C)cc1S(=O)(=O)N1CCCCC1. The van der Waals surface area contributed by atoms with Crippen molar-refractivity contribution in [3.63, 3.8) is 0 Å². The van der Waals surface area contributed by atoms with Crippen LogP contribution >= 0.6 is 0 Å². The van der Waals surface area contributed by atoms with Gasteiger partial charge in [-0.05, 0) is 55.7 Å². The number of hydrogen-bond acceptors (Lipinski definition) is 3. The van der Waals surface area contributed by atoms with Crippen LogP contribution in [0.3, 0.4) is 0 Å². The van der Waals surface area contributed by atoms with E-state index >= 15 is 0 Å². The highest BCUT2D eigenvalue weighted by atomic mass is 32.2. The Balaban J connectivity index is 1.81. The zero-order chi connectivity index (χ0) is 19.6. The number of nitrogens with zero attached hydrogens (tertiary/aromatic N) is 1. The quantitative estimate of drug-likeness (QED) is 0.849. The molecule has 2 aliphatic rings. The standard InChI is InChI=1S/C21H32N2O3S/c1-15-8-7-9-19(17(15)3)22-21(24)18-11-10-16(2)20(14-18)27(25,26)23-12-5-4-6-13-23/h10-11,14-15,17,19H,4-9,12-13H2,1-3H3,(H,22,24)/t15-,17+,19+/m0/s1. The molecule has 1 saturated carbocycles. The van der Waals surface area contributed by atoms with E-state index in [2.05, 4.69) is 19.2 Å². The van der Waals surface area contributed by atoms with Gasteiger partial charge in [-0.25, -0.2) is 8.42 Å². The Bertz CT molecular complexity index is 785. The average molecular weight is 393 g/mol. The number of hydrogen-bond donors (Lipinski definition) is 1. The number of carbonyl (C=O) groups is 1. The molecule has 0 spiro atoms. The van der Waals surface area contributed by atoms with Crippen LogP contribution in [0.15, 0.2) is 23.1 Å². The molecule has 0 unspecified atom stereocenters. The summed E-state index contributed by atoms with van der Waals surface area (Å²) in [5.41, 5.74) is 1.12. The van der Waals surface area contributed by atoms with E-state index in [1.807, 2.05) is 0 Å². The average Bonchev–Trinajstić information content (AvgIpc) is 2.66. The monoisotopic (exact) mass is 392 g/mol. The summed E-state index contributed by atoms with van der Waals surface area (Å²) in [5.74, 6) is 0.859. The predicted octanol–water partition coefficient (Wildman–Crippen LogP) is 3.72. The molecule has 150 valence electrons. The first-order valence-corrected chi connectivity index (χ1v) is 11.7. The van der Waals surface area contributed by atoms with Crippen LogP contribution < -0.4 is 5.32 Å². The second kappa shape index (κ2) is 8.31. The maximum Gasteiger partial charge on any atom is 0.251 e. The van der Waals surface area contributed by atoms with Crippen molar-refractivity contribution in [1.82, 2.24) is 9.62 Å². The van der Waals surface area contributed by atoms with Crippen molar-refractivity contribution in [2.24, 2.45) is 11.8 Å². The van der Waals surface area contributed by atoms with Gasteiger partial charge in [-0.3, -0.25) is 4.79 Å². The zero-order valence-corrected chi connectivity index (χ0v) is 17.5. The predicted molar refractivity (Wildman–Crippen MR) is 107 cm³/mol. The van der Waals surface area contributed by atoms with Crippen LogP contribution in [0, 0.1) is 18.8 Å². The third-order valence-electron chi connectivity index (χ3n) is 6.41. The summed E-state index contributed by atoms with van der Waals surface area (Å²) in [4.78, 5) is 13.1. The van der Waals surface area contributed by atoms with E-state index in [1.165, 1.54) is 6.42 Å². The Morgan fingerprint density at radius 3 is 2.48 bits per heavy atom. The fourth-order valence-electron chi connectivity index (χ4n) is 4.30. The lowest BCUT2D eigenvalue weighted by atomic mass is 9.78. The molecule has 6 heteroatoms. The molecule has 0 aromatic heterocycles. The van der Waals surface area contributed by atoms with Crippen LogP contribution in [0.2, 0.25) is 0 Å². The number of aryl methyl sites for hydroxylation is 1. The fraction of sp³-hybridized carbons (Fsp3) is 0.667. The number of nitrogens with one attached hydrogen (secondary N) is 1. The lowest BCUT2D eigenvalue weighted by Gasteiger charge is -2.34. The van der Waals surface area contributed by atoms with E-state index in [9.17, 15) is 13.2 Å². The largest absolute Gasteiger partial charge is 0.349 e. The van der Waals surface area contributed by atoms with Gasteiger partial charge in [0.25, 0.3) is 5.91 Å². The topological polar surface area (TPSA) is 66.5 Å². The summed E-state index contributed by atoms with van der Waals surface area (Å²) < 4.78 is 27.7. The highest BCUT2D eigenvalue weighted by Gasteiger charge is 2.30. The van der Waals surface area contributed by atoms with E-state index in [4.69, 9.17) is 0 Å². The number of carbonyl (C=O) groups excluding carboxylic acids is 1. The van der Waals surface area contributed by atoms with Crippen LogP contribution in [0.25, 0.3) is 0 Å². The molecular formula is C21H32N2O3S. The van der Waals surface area contributed by atoms with Gasteiger partial charge in [0, 0.05) is 24.7 Å². The summed E-state index contributed by atoms with van der Waals surface area (Å²) in [7, 11) is -3.55. The lowest BCUT2D eigenvalue weighted by molar-refractivity contribution is 0.0891. The number of piperidine rings is 1. The van der Waals surface area contributed by atoms with Gasteiger partial charge in [-0.15, -0.1) is 0 Å². The molecule has 1 saturated heterocycles. The Kier molecular flexibility index (Phi) is 6.26. The summed E-state index contributed by atoms with van der Waals surface area (Å²) >= 11 is 0. The van der Waals surface area contributed by atoms with E-state index in [-0.39, 0.29) is 16.8 Å². The highest BCUT2D eigenvalue weighted by Crippen LogP contribution is 2.30. The Hall–Kier alpha value is -1.40. The number of sulfonamides is 1. The van der Waals surface area contributed by atoms with Crippen LogP contribution in [-0.2, 0) is 10.0 Å². The van der Waals surface area contributed by atoms with Crippen molar-refractivity contribution in [2.75, 3.05) is 13.1 Å². The minimum Gasteiger partial charge on any atom is -0.349 e. The minimum atomic E-state index is -3.55. The smallest absolute Gasteiger partial charge is 0.251 e. The molecule has 5 nitrogen and oxygen atoms in total. The maximum atomic E-state index is 13.1. The number of benzene rings is 1. The van der Waals surface area contributed by atoms with Crippen molar-refractivity contribution in [1.29, 1.82) is 0 Å². The van der Waals surface area contributed by atoms with Gasteiger partial charge < -0.3 is 5.32 Å². The molecule has 1 aliphatic heterocycles. The summed E-state index contributed by atoms with van der Waals surface area (Å²) in [6.45, 7) is 7.35. The Morgan fingerprint density at radius 1 is 1.07 bits per heavy atom. The summed E-state index contributed by atoms with van der Waals surface area (Å²) in [5, 5.41) is 3.15. The lowest BCUT2D eigenvalue weighted by Crippen LogP contribution is -2.43. The van der Waals surface area contributed by atoms with Crippen LogP contribution in [0.5, 0.6) is 0 Å². The molecule has 3 rings (SSSR count). The second-order valence-electron chi connectivity index (χ2n) is 8.29. The minimum absolute atomic E-state index is 0.157.